The maximum atomic E-state index is 10.9. The van der Waals surface area contributed by atoms with Crippen LogP contribution in [-0.2, 0) is 4.74 Å². The van der Waals surface area contributed by atoms with Crippen LogP contribution >= 0.6 is 11.6 Å². The third-order valence-electron chi connectivity index (χ3n) is 1.76. The van der Waals surface area contributed by atoms with Crippen molar-refractivity contribution < 1.29 is 9.53 Å². The third kappa shape index (κ3) is 1.84. The third-order valence-corrected chi connectivity index (χ3v) is 2.03. The van der Waals surface area contributed by atoms with E-state index in [1.54, 1.807) is 12.3 Å². The molecule has 0 unspecified atom stereocenters. The molecule has 0 radical (unpaired) electrons. The maximum absolute atomic E-state index is 10.9. The highest BCUT2D eigenvalue weighted by molar-refractivity contribution is 6.33. The number of aromatic amines is 1. The molecule has 0 bridgehead atoms. The lowest BCUT2D eigenvalue weighted by molar-refractivity contribution is 0.186. The molecule has 0 aromatic carbocycles. The summed E-state index contributed by atoms with van der Waals surface area (Å²) in [5.74, 6) is 0.110. The lowest BCUT2D eigenvalue weighted by atomic mass is 10.5. The quantitative estimate of drug-likeness (QED) is 0.727. The number of fused-ring (bicyclic) bond motifs is 1. The molecule has 0 aliphatic heterocycles. The molecule has 1 amide bonds. The minimum absolute atomic E-state index is 0.110. The minimum atomic E-state index is -0.638. The largest absolute Gasteiger partial charge is 0.453 e. The Morgan fingerprint density at radius 3 is 3.13 bits per heavy atom. The molecular weight excluding hydrogens is 220 g/mol. The number of hydrogen-bond donors (Lipinski definition) is 2. The summed E-state index contributed by atoms with van der Waals surface area (Å²) in [6, 6.07) is 1.73. The van der Waals surface area contributed by atoms with E-state index in [-0.39, 0.29) is 11.1 Å². The number of nitrogens with one attached hydrogen (secondary N) is 2. The minimum Gasteiger partial charge on any atom is -0.453 e. The fraction of sp³-hybridized carbons (Fsp3) is 0.125. The van der Waals surface area contributed by atoms with Crippen LogP contribution in [0.25, 0.3) is 11.0 Å². The molecule has 2 aromatic rings. The molecule has 0 atom stereocenters. The lowest BCUT2D eigenvalue weighted by Gasteiger charge is -2.02. The van der Waals surface area contributed by atoms with Crippen LogP contribution in [0, 0.1) is 0 Å². The Morgan fingerprint density at radius 1 is 1.60 bits per heavy atom. The van der Waals surface area contributed by atoms with Gasteiger partial charge in [0.05, 0.1) is 12.6 Å². The van der Waals surface area contributed by atoms with Crippen LogP contribution in [0.3, 0.4) is 0 Å². The average molecular weight is 227 g/mol. The van der Waals surface area contributed by atoms with Crippen LogP contribution in [0.1, 0.15) is 0 Å². The summed E-state index contributed by atoms with van der Waals surface area (Å²) >= 11 is 5.86. The second-order valence-corrected chi connectivity index (χ2v) is 3.05. The highest BCUT2D eigenvalue weighted by Gasteiger charge is 2.08. The zero-order valence-electron chi connectivity index (χ0n) is 7.74. The summed E-state index contributed by atoms with van der Waals surface area (Å²) in [4.78, 5) is 21.7. The predicted molar refractivity (Wildman–Crippen MR) is 54.9 cm³/mol. The first-order chi connectivity index (χ1) is 7.20. The molecule has 0 saturated carbocycles. The van der Waals surface area contributed by atoms with E-state index in [4.69, 9.17) is 11.6 Å². The molecule has 0 aliphatic carbocycles. The molecule has 6 nitrogen and oxygen atoms in total. The molecule has 2 heterocycles. The van der Waals surface area contributed by atoms with E-state index < -0.39 is 6.09 Å². The lowest BCUT2D eigenvalue weighted by Crippen LogP contribution is -2.13. The van der Waals surface area contributed by atoms with Gasteiger partial charge in [-0.2, -0.15) is 4.98 Å². The van der Waals surface area contributed by atoms with Gasteiger partial charge in [0.25, 0.3) is 0 Å². The van der Waals surface area contributed by atoms with Crippen LogP contribution in [0.5, 0.6) is 0 Å². The van der Waals surface area contributed by atoms with E-state index in [0.29, 0.717) is 11.0 Å². The topological polar surface area (TPSA) is 79.9 Å². The van der Waals surface area contributed by atoms with Crippen molar-refractivity contribution in [3.8, 4) is 0 Å². The summed E-state index contributed by atoms with van der Waals surface area (Å²) in [6.07, 6.45) is 1.05. The first-order valence-electron chi connectivity index (χ1n) is 4.06. The second kappa shape index (κ2) is 3.74. The van der Waals surface area contributed by atoms with E-state index in [2.05, 4.69) is 25.0 Å². The highest BCUT2D eigenvalue weighted by atomic mass is 35.5. The Bertz CT molecular complexity index is 510. The van der Waals surface area contributed by atoms with Gasteiger partial charge in [-0.25, -0.2) is 9.78 Å². The van der Waals surface area contributed by atoms with Crippen molar-refractivity contribution >= 4 is 34.7 Å². The number of rotatable bonds is 1. The zero-order chi connectivity index (χ0) is 10.8. The summed E-state index contributed by atoms with van der Waals surface area (Å²) in [5, 5.41) is 2.58. The fourth-order valence-electron chi connectivity index (χ4n) is 1.11. The SMILES string of the molecule is COC(=O)Nc1nc(Cl)c2[nH]ccc2n1. The summed E-state index contributed by atoms with van der Waals surface area (Å²) < 4.78 is 4.41. The number of anilines is 1. The number of halogens is 1. The van der Waals surface area contributed by atoms with Crippen LogP contribution in [0.4, 0.5) is 10.7 Å². The Balaban J connectivity index is 2.40. The van der Waals surface area contributed by atoms with Crippen LogP contribution in [0.2, 0.25) is 5.15 Å². The molecule has 0 aliphatic rings. The van der Waals surface area contributed by atoms with E-state index in [1.807, 2.05) is 0 Å². The molecule has 2 rings (SSSR count). The van der Waals surface area contributed by atoms with Crippen molar-refractivity contribution in [1.29, 1.82) is 0 Å². The van der Waals surface area contributed by atoms with Gasteiger partial charge in [0, 0.05) is 6.20 Å². The number of H-pyrrole nitrogens is 1. The number of methoxy groups -OCH3 is 1. The molecule has 0 fully saturated rings. The van der Waals surface area contributed by atoms with Gasteiger partial charge in [0.2, 0.25) is 5.95 Å². The summed E-state index contributed by atoms with van der Waals surface area (Å²) in [5.41, 5.74) is 1.26. The molecule has 0 saturated heterocycles. The summed E-state index contributed by atoms with van der Waals surface area (Å²) in [6.45, 7) is 0. The van der Waals surface area contributed by atoms with E-state index in [0.717, 1.165) is 0 Å². The first-order valence-corrected chi connectivity index (χ1v) is 4.44. The fourth-order valence-corrected chi connectivity index (χ4v) is 1.34. The highest BCUT2D eigenvalue weighted by Crippen LogP contribution is 2.19. The number of carbonyl (C=O) groups is 1. The molecule has 2 N–H and O–H groups in total. The first kappa shape index (κ1) is 9.72. The number of nitrogens with zero attached hydrogens (tertiary/aromatic N) is 2. The van der Waals surface area contributed by atoms with E-state index in [9.17, 15) is 4.79 Å². The number of ether oxygens (including phenoxy) is 1. The van der Waals surface area contributed by atoms with Gasteiger partial charge in [-0.05, 0) is 6.07 Å². The number of carbonyl (C=O) groups excluding carboxylic acids is 1. The zero-order valence-corrected chi connectivity index (χ0v) is 8.50. The van der Waals surface area contributed by atoms with E-state index >= 15 is 0 Å². The van der Waals surface area contributed by atoms with Gasteiger partial charge >= 0.3 is 6.09 Å². The van der Waals surface area contributed by atoms with Gasteiger partial charge in [0.1, 0.15) is 5.52 Å². The van der Waals surface area contributed by atoms with Crippen molar-refractivity contribution in [3.05, 3.63) is 17.4 Å². The molecule has 15 heavy (non-hydrogen) atoms. The van der Waals surface area contributed by atoms with Crippen molar-refractivity contribution in [2.45, 2.75) is 0 Å². The molecule has 78 valence electrons. The van der Waals surface area contributed by atoms with Crippen molar-refractivity contribution in [2.75, 3.05) is 12.4 Å². The average Bonchev–Trinajstić information content (AvgIpc) is 2.66. The van der Waals surface area contributed by atoms with Gasteiger partial charge in [0.15, 0.2) is 5.15 Å². The predicted octanol–water partition coefficient (Wildman–Crippen LogP) is 1.79. The maximum Gasteiger partial charge on any atom is 0.413 e. The Morgan fingerprint density at radius 2 is 2.40 bits per heavy atom. The van der Waals surface area contributed by atoms with Crippen molar-refractivity contribution in [1.82, 2.24) is 15.0 Å². The van der Waals surface area contributed by atoms with Gasteiger partial charge in [-0.3, -0.25) is 5.32 Å². The standard InChI is InChI=1S/C8H7ClN4O2/c1-15-8(14)13-7-11-4-2-3-10-5(4)6(9)12-7/h2-3,10H,1H3,(H,11,12,13,14). The van der Waals surface area contributed by atoms with Gasteiger partial charge in [-0.1, -0.05) is 11.6 Å². The van der Waals surface area contributed by atoms with Crippen LogP contribution < -0.4 is 5.32 Å². The van der Waals surface area contributed by atoms with E-state index in [1.165, 1.54) is 7.11 Å². The van der Waals surface area contributed by atoms with Gasteiger partial charge in [-0.15, -0.1) is 0 Å². The van der Waals surface area contributed by atoms with Crippen LogP contribution in [-0.4, -0.2) is 28.2 Å². The summed E-state index contributed by atoms with van der Waals surface area (Å²) in [7, 11) is 1.26. The number of hydrogen-bond acceptors (Lipinski definition) is 4. The normalized spacial score (nSPS) is 10.3. The van der Waals surface area contributed by atoms with Crippen molar-refractivity contribution in [3.63, 3.8) is 0 Å². The number of aromatic nitrogens is 3. The Kier molecular flexibility index (Phi) is 2.42. The smallest absolute Gasteiger partial charge is 0.413 e. The van der Waals surface area contributed by atoms with Crippen LogP contribution in [0.15, 0.2) is 12.3 Å². The second-order valence-electron chi connectivity index (χ2n) is 2.69. The Labute approximate surface area is 89.6 Å². The molecule has 0 spiro atoms. The molecule has 2 aromatic heterocycles. The molecule has 7 heteroatoms. The van der Waals surface area contributed by atoms with Gasteiger partial charge < -0.3 is 9.72 Å². The monoisotopic (exact) mass is 226 g/mol. The van der Waals surface area contributed by atoms with Crippen molar-refractivity contribution in [2.24, 2.45) is 0 Å². The Hall–Kier alpha value is -1.82. The molecular formula is C8H7ClN4O2. The number of amides is 1.